The Balaban J connectivity index is 1.28. The predicted octanol–water partition coefficient (Wildman–Crippen LogP) is 6.15. The van der Waals surface area contributed by atoms with Crippen molar-refractivity contribution in [2.45, 2.75) is 19.8 Å². The summed E-state index contributed by atoms with van der Waals surface area (Å²) in [4.78, 5) is 39.1. The van der Waals surface area contributed by atoms with Crippen molar-refractivity contribution < 1.29 is 19.1 Å². The van der Waals surface area contributed by atoms with Gasteiger partial charge in [-0.25, -0.2) is 4.79 Å². The molecule has 1 fully saturated rings. The molecule has 0 saturated carbocycles. The van der Waals surface area contributed by atoms with Crippen LogP contribution in [-0.4, -0.2) is 40.2 Å². The van der Waals surface area contributed by atoms with Crippen LogP contribution < -0.4 is 5.32 Å². The second kappa shape index (κ2) is 12.5. The summed E-state index contributed by atoms with van der Waals surface area (Å²) in [6.07, 6.45) is 2.55. The van der Waals surface area contributed by atoms with E-state index in [1.807, 2.05) is 48.5 Å². The molecule has 6 nitrogen and oxygen atoms in total. The van der Waals surface area contributed by atoms with E-state index >= 15 is 0 Å². The molecule has 37 heavy (non-hydrogen) atoms. The number of nitrogens with zero attached hydrogens (tertiary/aromatic N) is 1. The zero-order valence-electron chi connectivity index (χ0n) is 20.3. The van der Waals surface area contributed by atoms with Crippen LogP contribution in [0.5, 0.6) is 0 Å². The van der Waals surface area contributed by atoms with E-state index in [9.17, 15) is 14.4 Å². The lowest BCUT2D eigenvalue weighted by Gasteiger charge is -2.14. The third-order valence-electron chi connectivity index (χ3n) is 5.65. The van der Waals surface area contributed by atoms with E-state index in [1.54, 1.807) is 36.1 Å². The van der Waals surface area contributed by atoms with E-state index in [2.05, 4.69) is 17.4 Å². The lowest BCUT2D eigenvalue weighted by atomic mass is 10.0. The topological polar surface area (TPSA) is 75.7 Å². The van der Waals surface area contributed by atoms with E-state index in [1.165, 1.54) is 11.8 Å². The van der Waals surface area contributed by atoms with Crippen LogP contribution in [0.4, 0.5) is 5.69 Å². The number of amides is 2. The lowest BCUT2D eigenvalue weighted by molar-refractivity contribution is -0.122. The monoisotopic (exact) mass is 530 g/mol. The summed E-state index contributed by atoms with van der Waals surface area (Å²) in [6.45, 7) is 2.41. The third kappa shape index (κ3) is 6.93. The molecule has 0 unspecified atom stereocenters. The number of thiocarbonyl (C=S) groups is 1. The molecular weight excluding hydrogens is 504 g/mol. The molecule has 0 aliphatic carbocycles. The van der Waals surface area contributed by atoms with Crippen LogP contribution in [0.1, 0.15) is 35.7 Å². The number of nitrogens with one attached hydrogen (secondary N) is 1. The highest BCUT2D eigenvalue weighted by Gasteiger charge is 2.31. The van der Waals surface area contributed by atoms with Crippen molar-refractivity contribution in [3.63, 3.8) is 0 Å². The smallest absolute Gasteiger partial charge is 0.338 e. The minimum Gasteiger partial charge on any atom is -0.462 e. The van der Waals surface area contributed by atoms with E-state index in [4.69, 9.17) is 17.0 Å². The quantitative estimate of drug-likeness (QED) is 0.203. The van der Waals surface area contributed by atoms with Crippen molar-refractivity contribution in [3.8, 4) is 11.1 Å². The van der Waals surface area contributed by atoms with Gasteiger partial charge in [0.25, 0.3) is 5.91 Å². The van der Waals surface area contributed by atoms with Crippen LogP contribution >= 0.6 is 24.0 Å². The molecular formula is C29H26N2O4S2. The van der Waals surface area contributed by atoms with Crippen molar-refractivity contribution >= 4 is 57.8 Å². The van der Waals surface area contributed by atoms with Crippen LogP contribution in [0.25, 0.3) is 17.2 Å². The van der Waals surface area contributed by atoms with Crippen LogP contribution in [-0.2, 0) is 14.3 Å². The average molecular weight is 531 g/mol. The normalized spacial score (nSPS) is 14.2. The van der Waals surface area contributed by atoms with Gasteiger partial charge in [0.2, 0.25) is 5.91 Å². The Morgan fingerprint density at radius 2 is 1.65 bits per heavy atom. The molecule has 3 aromatic carbocycles. The number of hydrogen-bond acceptors (Lipinski definition) is 6. The van der Waals surface area contributed by atoms with Crippen LogP contribution in [0.15, 0.2) is 83.8 Å². The predicted molar refractivity (Wildman–Crippen MR) is 152 cm³/mol. The molecule has 0 spiro atoms. The minimum absolute atomic E-state index is 0.142. The van der Waals surface area contributed by atoms with Gasteiger partial charge in [0, 0.05) is 18.7 Å². The van der Waals surface area contributed by atoms with Crippen molar-refractivity contribution in [3.05, 3.63) is 94.9 Å². The number of esters is 1. The Morgan fingerprint density at radius 3 is 2.32 bits per heavy atom. The zero-order chi connectivity index (χ0) is 26.2. The molecule has 4 rings (SSSR count). The van der Waals surface area contributed by atoms with Gasteiger partial charge in [0.15, 0.2) is 0 Å². The average Bonchev–Trinajstić information content (AvgIpc) is 3.17. The molecule has 1 saturated heterocycles. The van der Waals surface area contributed by atoms with Crippen molar-refractivity contribution in [2.24, 2.45) is 0 Å². The Labute approximate surface area is 225 Å². The fourth-order valence-corrected chi connectivity index (χ4v) is 5.08. The Hall–Kier alpha value is -3.75. The second-order valence-electron chi connectivity index (χ2n) is 8.27. The summed E-state index contributed by atoms with van der Waals surface area (Å²) in [6, 6.07) is 24.7. The molecule has 0 atom stereocenters. The highest BCUT2D eigenvalue weighted by Crippen LogP contribution is 2.33. The van der Waals surface area contributed by atoms with Gasteiger partial charge >= 0.3 is 5.97 Å². The fourth-order valence-electron chi connectivity index (χ4n) is 3.77. The number of thioether (sulfide) groups is 1. The Bertz CT molecular complexity index is 1320. The maximum Gasteiger partial charge on any atom is 0.338 e. The van der Waals surface area contributed by atoms with E-state index in [0.29, 0.717) is 40.0 Å². The number of carbonyl (C=O) groups excluding carboxylic acids is 3. The van der Waals surface area contributed by atoms with Gasteiger partial charge in [-0.2, -0.15) is 0 Å². The summed E-state index contributed by atoms with van der Waals surface area (Å²) >= 11 is 6.70. The Morgan fingerprint density at radius 1 is 0.973 bits per heavy atom. The first-order valence-electron chi connectivity index (χ1n) is 11.9. The Kier molecular flexibility index (Phi) is 8.87. The molecule has 3 aromatic rings. The summed E-state index contributed by atoms with van der Waals surface area (Å²) in [7, 11) is 0. The standard InChI is InChI=1S/C29H26N2O4S2/c1-2-35-28(34)23-14-16-24(17-15-23)30-26(32)9-6-18-31-27(33)25(37-29(31)36)19-20-10-12-22(13-11-20)21-7-4-3-5-8-21/h3-5,7-8,10-17,19H,2,6,9,18H2,1H3,(H,30,32)/b25-19-. The molecule has 1 N–H and O–H groups in total. The van der Waals surface area contributed by atoms with E-state index in [0.717, 1.165) is 16.7 Å². The molecule has 0 aromatic heterocycles. The molecule has 0 bridgehead atoms. The van der Waals surface area contributed by atoms with Gasteiger partial charge in [-0.1, -0.05) is 78.6 Å². The summed E-state index contributed by atoms with van der Waals surface area (Å²) < 4.78 is 5.45. The van der Waals surface area contributed by atoms with Gasteiger partial charge in [-0.3, -0.25) is 14.5 Å². The number of hydrogen-bond donors (Lipinski definition) is 1. The minimum atomic E-state index is -0.401. The van der Waals surface area contributed by atoms with Gasteiger partial charge in [0.05, 0.1) is 17.1 Å². The number of benzene rings is 3. The molecule has 2 amide bonds. The number of ether oxygens (including phenoxy) is 1. The van der Waals surface area contributed by atoms with E-state index < -0.39 is 5.97 Å². The summed E-state index contributed by atoms with van der Waals surface area (Å²) in [5.74, 6) is -0.720. The SMILES string of the molecule is CCOC(=O)c1ccc(NC(=O)CCCN2C(=O)/C(=C/c3ccc(-c4ccccc4)cc3)SC2=S)cc1. The molecule has 0 radical (unpaired) electrons. The molecule has 1 aliphatic heterocycles. The largest absolute Gasteiger partial charge is 0.462 e. The molecule has 1 aliphatic rings. The van der Waals surface area contributed by atoms with Crippen LogP contribution in [0, 0.1) is 0 Å². The fraction of sp³-hybridized carbons (Fsp3) is 0.172. The molecule has 1 heterocycles. The van der Waals surface area contributed by atoms with Gasteiger partial charge < -0.3 is 10.1 Å². The first-order chi connectivity index (χ1) is 17.9. The molecule has 8 heteroatoms. The summed E-state index contributed by atoms with van der Waals surface area (Å²) in [5, 5.41) is 2.80. The van der Waals surface area contributed by atoms with Crippen molar-refractivity contribution in [1.29, 1.82) is 0 Å². The lowest BCUT2D eigenvalue weighted by Crippen LogP contribution is -2.29. The maximum atomic E-state index is 12.9. The van der Waals surface area contributed by atoms with Gasteiger partial charge in [-0.15, -0.1) is 0 Å². The van der Waals surface area contributed by atoms with Gasteiger partial charge in [-0.05, 0) is 60.4 Å². The zero-order valence-corrected chi connectivity index (χ0v) is 21.9. The summed E-state index contributed by atoms with van der Waals surface area (Å²) in [5.41, 5.74) is 4.18. The first-order valence-corrected chi connectivity index (χ1v) is 13.1. The number of rotatable bonds is 9. The maximum absolute atomic E-state index is 12.9. The van der Waals surface area contributed by atoms with Crippen LogP contribution in [0.3, 0.4) is 0 Å². The molecule has 188 valence electrons. The highest BCUT2D eigenvalue weighted by molar-refractivity contribution is 8.26. The van der Waals surface area contributed by atoms with Crippen molar-refractivity contribution in [2.75, 3.05) is 18.5 Å². The highest BCUT2D eigenvalue weighted by atomic mass is 32.2. The number of anilines is 1. The second-order valence-corrected chi connectivity index (χ2v) is 9.95. The van der Waals surface area contributed by atoms with E-state index in [-0.39, 0.29) is 18.2 Å². The van der Waals surface area contributed by atoms with Gasteiger partial charge in [0.1, 0.15) is 4.32 Å². The first kappa shape index (κ1) is 26.3. The van der Waals surface area contributed by atoms with Crippen LogP contribution in [0.2, 0.25) is 0 Å². The third-order valence-corrected chi connectivity index (χ3v) is 7.03. The van der Waals surface area contributed by atoms with Crippen molar-refractivity contribution in [1.82, 2.24) is 4.90 Å². The number of carbonyl (C=O) groups is 3.